The maximum absolute atomic E-state index is 10.4. The summed E-state index contributed by atoms with van der Waals surface area (Å²) in [6.45, 7) is 1.78. The molecular weight excluding hydrogens is 178 g/mol. The lowest BCUT2D eigenvalue weighted by atomic mass is 10.0. The first-order valence-corrected chi connectivity index (χ1v) is 5.05. The zero-order chi connectivity index (χ0) is 9.72. The third kappa shape index (κ3) is 3.42. The van der Waals surface area contributed by atoms with Crippen LogP contribution in [0.1, 0.15) is 6.92 Å². The Kier molecular flexibility index (Phi) is 5.28. The average Bonchev–Trinajstić information content (AvgIpc) is 2.02. The highest BCUT2D eigenvalue weighted by Gasteiger charge is 2.26. The standard InChI is InChI=1S/C7H15NO3S/c1-4(3-12-2)6(9)5(8)7(10)11/h4-6,9H,3,8H2,1-2H3,(H,10,11)/t4-,5+,6-/m1/s1. The molecule has 0 saturated carbocycles. The fourth-order valence-electron chi connectivity index (χ4n) is 0.862. The van der Waals surface area contributed by atoms with Gasteiger partial charge in [0, 0.05) is 0 Å². The Bertz CT molecular complexity index is 154. The number of aliphatic hydroxyl groups excluding tert-OH is 1. The molecule has 4 N–H and O–H groups in total. The molecule has 0 aliphatic carbocycles. The van der Waals surface area contributed by atoms with Gasteiger partial charge >= 0.3 is 5.97 Å². The van der Waals surface area contributed by atoms with Gasteiger partial charge in [-0.2, -0.15) is 11.8 Å². The van der Waals surface area contributed by atoms with Crippen molar-refractivity contribution in [2.45, 2.75) is 19.1 Å². The summed E-state index contributed by atoms with van der Waals surface area (Å²) in [6.07, 6.45) is 0.935. The Morgan fingerprint density at radius 1 is 1.67 bits per heavy atom. The number of hydrogen-bond acceptors (Lipinski definition) is 4. The molecule has 0 bridgehead atoms. The van der Waals surface area contributed by atoms with E-state index >= 15 is 0 Å². The van der Waals surface area contributed by atoms with Crippen molar-refractivity contribution in [1.82, 2.24) is 0 Å². The average molecular weight is 193 g/mol. The molecule has 0 amide bonds. The number of carboxylic acid groups (broad SMARTS) is 1. The van der Waals surface area contributed by atoms with E-state index in [0.717, 1.165) is 0 Å². The fourth-order valence-corrected chi connectivity index (χ4v) is 1.58. The van der Waals surface area contributed by atoms with Crippen LogP contribution in [0.3, 0.4) is 0 Å². The van der Waals surface area contributed by atoms with Crippen LogP contribution in [0, 0.1) is 5.92 Å². The van der Waals surface area contributed by atoms with E-state index in [2.05, 4.69) is 0 Å². The molecule has 0 fully saturated rings. The van der Waals surface area contributed by atoms with Gasteiger partial charge in [-0.05, 0) is 17.9 Å². The van der Waals surface area contributed by atoms with Gasteiger partial charge in [-0.1, -0.05) is 6.92 Å². The van der Waals surface area contributed by atoms with Gasteiger partial charge in [-0.3, -0.25) is 4.79 Å². The second kappa shape index (κ2) is 5.40. The first-order valence-electron chi connectivity index (χ1n) is 3.66. The second-order valence-electron chi connectivity index (χ2n) is 2.79. The maximum atomic E-state index is 10.4. The number of rotatable bonds is 5. The Balaban J connectivity index is 3.99. The van der Waals surface area contributed by atoms with Crippen LogP contribution < -0.4 is 5.73 Å². The van der Waals surface area contributed by atoms with Crippen LogP contribution in [0.25, 0.3) is 0 Å². The largest absolute Gasteiger partial charge is 0.480 e. The summed E-state index contributed by atoms with van der Waals surface area (Å²) >= 11 is 1.56. The summed E-state index contributed by atoms with van der Waals surface area (Å²) in [5.74, 6) is -0.538. The normalized spacial score (nSPS) is 18.3. The highest BCUT2D eigenvalue weighted by molar-refractivity contribution is 7.98. The molecule has 0 saturated heterocycles. The summed E-state index contributed by atoms with van der Waals surface area (Å²) in [5, 5.41) is 17.8. The molecule has 5 heteroatoms. The van der Waals surface area contributed by atoms with Crippen LogP contribution in [0.5, 0.6) is 0 Å². The minimum Gasteiger partial charge on any atom is -0.480 e. The van der Waals surface area contributed by atoms with E-state index in [0.29, 0.717) is 5.75 Å². The number of carboxylic acids is 1. The number of hydrogen-bond donors (Lipinski definition) is 3. The van der Waals surface area contributed by atoms with Crippen LogP contribution in [-0.4, -0.2) is 40.3 Å². The van der Waals surface area contributed by atoms with Crippen LogP contribution in [0.2, 0.25) is 0 Å². The molecule has 0 aliphatic rings. The molecule has 0 unspecified atom stereocenters. The van der Waals surface area contributed by atoms with Crippen molar-refractivity contribution in [3.8, 4) is 0 Å². The molecule has 0 radical (unpaired) electrons. The van der Waals surface area contributed by atoms with Crippen LogP contribution >= 0.6 is 11.8 Å². The SMILES string of the molecule is CSC[C@@H](C)[C@@H](O)[C@H](N)C(=O)O. The minimum atomic E-state index is -1.17. The molecule has 72 valence electrons. The van der Waals surface area contributed by atoms with E-state index in [9.17, 15) is 9.90 Å². The number of thioether (sulfide) groups is 1. The molecule has 0 heterocycles. The van der Waals surface area contributed by atoms with Crippen molar-refractivity contribution in [3.63, 3.8) is 0 Å². The summed E-state index contributed by atoms with van der Waals surface area (Å²) in [6, 6.07) is -1.17. The maximum Gasteiger partial charge on any atom is 0.323 e. The highest BCUT2D eigenvalue weighted by Crippen LogP contribution is 2.11. The zero-order valence-corrected chi connectivity index (χ0v) is 8.04. The topological polar surface area (TPSA) is 83.5 Å². The van der Waals surface area contributed by atoms with Gasteiger partial charge in [0.1, 0.15) is 6.04 Å². The number of carbonyl (C=O) groups is 1. The Morgan fingerprint density at radius 2 is 2.17 bits per heavy atom. The molecule has 0 spiro atoms. The van der Waals surface area contributed by atoms with Crippen molar-refractivity contribution in [2.24, 2.45) is 11.7 Å². The van der Waals surface area contributed by atoms with Crippen molar-refractivity contribution < 1.29 is 15.0 Å². The van der Waals surface area contributed by atoms with Crippen molar-refractivity contribution in [3.05, 3.63) is 0 Å². The molecule has 12 heavy (non-hydrogen) atoms. The van der Waals surface area contributed by atoms with Crippen LogP contribution in [-0.2, 0) is 4.79 Å². The van der Waals surface area contributed by atoms with Gasteiger partial charge in [0.25, 0.3) is 0 Å². The summed E-state index contributed by atoms with van der Waals surface area (Å²) in [5.41, 5.74) is 5.23. The molecule has 0 aliphatic heterocycles. The first kappa shape index (κ1) is 11.7. The fraction of sp³-hybridized carbons (Fsp3) is 0.857. The molecule has 0 aromatic carbocycles. The number of aliphatic hydroxyl groups is 1. The van der Waals surface area contributed by atoms with Crippen molar-refractivity contribution in [1.29, 1.82) is 0 Å². The van der Waals surface area contributed by atoms with Crippen molar-refractivity contribution in [2.75, 3.05) is 12.0 Å². The lowest BCUT2D eigenvalue weighted by Gasteiger charge is -2.20. The quantitative estimate of drug-likeness (QED) is 0.561. The third-order valence-electron chi connectivity index (χ3n) is 1.67. The summed E-state index contributed by atoms with van der Waals surface area (Å²) < 4.78 is 0. The Labute approximate surface area is 76.1 Å². The van der Waals surface area contributed by atoms with Gasteiger partial charge in [0.05, 0.1) is 6.10 Å². The van der Waals surface area contributed by atoms with Gasteiger partial charge < -0.3 is 15.9 Å². The van der Waals surface area contributed by atoms with E-state index in [-0.39, 0.29) is 5.92 Å². The van der Waals surface area contributed by atoms with Crippen molar-refractivity contribution >= 4 is 17.7 Å². The summed E-state index contributed by atoms with van der Waals surface area (Å²) in [4.78, 5) is 10.4. The van der Waals surface area contributed by atoms with Crippen LogP contribution in [0.4, 0.5) is 0 Å². The molecule has 0 aromatic heterocycles. The third-order valence-corrected chi connectivity index (χ3v) is 2.52. The molecular formula is C7H15NO3S. The molecule has 0 aromatic rings. The van der Waals surface area contributed by atoms with E-state index in [4.69, 9.17) is 10.8 Å². The lowest BCUT2D eigenvalue weighted by molar-refractivity contribution is -0.141. The first-order chi connectivity index (χ1) is 5.50. The monoisotopic (exact) mass is 193 g/mol. The molecule has 0 rings (SSSR count). The Hall–Kier alpha value is -0.260. The van der Waals surface area contributed by atoms with Gasteiger partial charge in [0.2, 0.25) is 0 Å². The smallest absolute Gasteiger partial charge is 0.323 e. The van der Waals surface area contributed by atoms with E-state index in [1.54, 1.807) is 18.7 Å². The predicted molar refractivity (Wildman–Crippen MR) is 49.2 cm³/mol. The van der Waals surface area contributed by atoms with Gasteiger partial charge in [-0.15, -0.1) is 0 Å². The van der Waals surface area contributed by atoms with E-state index in [1.807, 2.05) is 6.26 Å². The zero-order valence-electron chi connectivity index (χ0n) is 7.23. The van der Waals surface area contributed by atoms with Gasteiger partial charge in [-0.25, -0.2) is 0 Å². The lowest BCUT2D eigenvalue weighted by Crippen LogP contribution is -2.45. The number of nitrogens with two attached hydrogens (primary N) is 1. The molecule has 3 atom stereocenters. The summed E-state index contributed by atoms with van der Waals surface area (Å²) in [7, 11) is 0. The van der Waals surface area contributed by atoms with Crippen LogP contribution in [0.15, 0.2) is 0 Å². The second-order valence-corrected chi connectivity index (χ2v) is 3.70. The minimum absolute atomic E-state index is 0.0916. The van der Waals surface area contributed by atoms with E-state index < -0.39 is 18.1 Å². The highest BCUT2D eigenvalue weighted by atomic mass is 32.2. The van der Waals surface area contributed by atoms with E-state index in [1.165, 1.54) is 0 Å². The number of aliphatic carboxylic acids is 1. The molecule has 4 nitrogen and oxygen atoms in total. The van der Waals surface area contributed by atoms with Gasteiger partial charge in [0.15, 0.2) is 0 Å². The predicted octanol–water partition coefficient (Wildman–Crippen LogP) is -0.242. The Morgan fingerprint density at radius 3 is 2.50 bits per heavy atom.